The molecule has 106 valence electrons. The van der Waals surface area contributed by atoms with E-state index in [1.54, 1.807) is 23.0 Å². The van der Waals surface area contributed by atoms with Crippen LogP contribution in [0.4, 0.5) is 8.78 Å². The molecule has 2 rings (SSSR count). The minimum atomic E-state index is -2.82. The van der Waals surface area contributed by atoms with Crippen LogP contribution in [-0.4, -0.2) is 33.5 Å². The summed E-state index contributed by atoms with van der Waals surface area (Å²) in [4.78, 5) is 0. The molecule has 0 saturated carbocycles. The minimum absolute atomic E-state index is 0.115. The summed E-state index contributed by atoms with van der Waals surface area (Å²) in [7, 11) is 0. The lowest BCUT2D eigenvalue weighted by molar-refractivity contribution is -0.0498. The van der Waals surface area contributed by atoms with Crippen LogP contribution in [0.1, 0.15) is 12.5 Å². The summed E-state index contributed by atoms with van der Waals surface area (Å²) in [5, 5.41) is 12.6. The summed E-state index contributed by atoms with van der Waals surface area (Å²) < 4.78 is 29.8. The Morgan fingerprint density at radius 1 is 1.40 bits per heavy atom. The first kappa shape index (κ1) is 14.4. The van der Waals surface area contributed by atoms with Crippen molar-refractivity contribution in [1.82, 2.24) is 14.9 Å². The van der Waals surface area contributed by atoms with Gasteiger partial charge in [0.05, 0.1) is 6.21 Å². The van der Waals surface area contributed by atoms with E-state index in [4.69, 9.17) is 0 Å². The molecule has 1 aromatic heterocycles. The van der Waals surface area contributed by atoms with Crippen LogP contribution in [0.2, 0.25) is 0 Å². The molecule has 0 N–H and O–H groups in total. The summed E-state index contributed by atoms with van der Waals surface area (Å²) in [6, 6.07) is 6.19. The number of aromatic nitrogens is 3. The molecule has 0 atom stereocenters. The van der Waals surface area contributed by atoms with Gasteiger partial charge in [-0.3, -0.25) is 0 Å². The van der Waals surface area contributed by atoms with E-state index in [2.05, 4.69) is 20.0 Å². The maximum Gasteiger partial charge on any atom is 0.387 e. The first-order valence-electron chi connectivity index (χ1n) is 5.81. The van der Waals surface area contributed by atoms with E-state index in [-0.39, 0.29) is 5.75 Å². The lowest BCUT2D eigenvalue weighted by atomic mass is 10.2. The van der Waals surface area contributed by atoms with E-state index in [9.17, 15) is 8.78 Å². The highest BCUT2D eigenvalue weighted by molar-refractivity contribution is 7.99. The summed E-state index contributed by atoms with van der Waals surface area (Å²) in [5.41, 5.74) is 0.757. The van der Waals surface area contributed by atoms with E-state index in [0.717, 1.165) is 11.3 Å². The Labute approximate surface area is 118 Å². The predicted octanol–water partition coefficient (Wildman–Crippen LogP) is 2.87. The van der Waals surface area contributed by atoms with Crippen molar-refractivity contribution in [3.8, 4) is 5.75 Å². The van der Waals surface area contributed by atoms with Gasteiger partial charge in [-0.2, -0.15) is 18.6 Å². The standard InChI is InChI=1S/C12H12F2N4OS/c1-2-20-12-17-15-8-18(12)16-7-9-3-5-10(6-4-9)19-11(13)14/h3-8,11H,2H2,1H3. The maximum atomic E-state index is 12.0. The van der Waals surface area contributed by atoms with Gasteiger partial charge in [0.15, 0.2) is 0 Å². The van der Waals surface area contributed by atoms with Crippen LogP contribution in [0.25, 0.3) is 0 Å². The Kier molecular flexibility index (Phi) is 5.05. The highest BCUT2D eigenvalue weighted by atomic mass is 32.2. The highest BCUT2D eigenvalue weighted by Crippen LogP contribution is 2.15. The smallest absolute Gasteiger partial charge is 0.387 e. The largest absolute Gasteiger partial charge is 0.435 e. The molecule has 1 heterocycles. The SMILES string of the molecule is CCSc1nncn1N=Cc1ccc(OC(F)F)cc1. The van der Waals surface area contributed by atoms with Gasteiger partial charge >= 0.3 is 6.61 Å². The van der Waals surface area contributed by atoms with Gasteiger partial charge < -0.3 is 4.74 Å². The van der Waals surface area contributed by atoms with Gasteiger partial charge in [0.25, 0.3) is 0 Å². The van der Waals surface area contributed by atoms with Crippen LogP contribution in [0.3, 0.4) is 0 Å². The minimum Gasteiger partial charge on any atom is -0.435 e. The normalized spacial score (nSPS) is 11.4. The molecule has 1 aromatic carbocycles. The van der Waals surface area contributed by atoms with Gasteiger partial charge in [0.2, 0.25) is 5.16 Å². The number of ether oxygens (including phenoxy) is 1. The number of alkyl halides is 2. The molecule has 0 aliphatic rings. The van der Waals surface area contributed by atoms with E-state index in [1.807, 2.05) is 6.92 Å². The molecule has 0 unspecified atom stereocenters. The van der Waals surface area contributed by atoms with E-state index in [1.165, 1.54) is 30.2 Å². The molecule has 0 bridgehead atoms. The Balaban J connectivity index is 2.05. The molecule has 8 heteroatoms. The number of hydrogen-bond acceptors (Lipinski definition) is 5. The molecule has 0 spiro atoms. The fraction of sp³-hybridized carbons (Fsp3) is 0.250. The Morgan fingerprint density at radius 3 is 2.80 bits per heavy atom. The third-order valence-corrected chi connectivity index (χ3v) is 3.03. The third-order valence-electron chi connectivity index (χ3n) is 2.21. The van der Waals surface area contributed by atoms with E-state index >= 15 is 0 Å². The summed E-state index contributed by atoms with van der Waals surface area (Å²) in [6.07, 6.45) is 3.10. The number of halogens is 2. The van der Waals surface area contributed by atoms with Crippen LogP contribution < -0.4 is 4.74 Å². The summed E-state index contributed by atoms with van der Waals surface area (Å²) in [5.74, 6) is 0.983. The van der Waals surface area contributed by atoms with Crippen LogP contribution in [-0.2, 0) is 0 Å². The van der Waals surface area contributed by atoms with Crippen molar-refractivity contribution < 1.29 is 13.5 Å². The molecule has 0 fully saturated rings. The summed E-state index contributed by atoms with van der Waals surface area (Å²) >= 11 is 1.53. The van der Waals surface area contributed by atoms with Crippen molar-refractivity contribution >= 4 is 18.0 Å². The van der Waals surface area contributed by atoms with Crippen molar-refractivity contribution in [2.75, 3.05) is 5.75 Å². The fourth-order valence-electron chi connectivity index (χ4n) is 1.39. The maximum absolute atomic E-state index is 12.0. The Morgan fingerprint density at radius 2 is 2.15 bits per heavy atom. The Hall–Kier alpha value is -1.96. The average molecular weight is 298 g/mol. The van der Waals surface area contributed by atoms with Gasteiger partial charge in [-0.1, -0.05) is 18.7 Å². The molecule has 0 aliphatic heterocycles. The third kappa shape index (κ3) is 4.02. The first-order valence-corrected chi connectivity index (χ1v) is 6.79. The predicted molar refractivity (Wildman–Crippen MR) is 72.5 cm³/mol. The second kappa shape index (κ2) is 6.99. The molecular formula is C12H12F2N4OS. The zero-order chi connectivity index (χ0) is 14.4. The quantitative estimate of drug-likeness (QED) is 0.608. The molecule has 20 heavy (non-hydrogen) atoms. The van der Waals surface area contributed by atoms with Crippen LogP contribution in [0.15, 0.2) is 40.9 Å². The molecule has 0 saturated heterocycles. The average Bonchev–Trinajstić information content (AvgIpc) is 2.85. The van der Waals surface area contributed by atoms with Gasteiger partial charge in [-0.25, -0.2) is 0 Å². The lowest BCUT2D eigenvalue weighted by Gasteiger charge is -2.03. The number of hydrogen-bond donors (Lipinski definition) is 0. The number of rotatable bonds is 6. The van der Waals surface area contributed by atoms with E-state index < -0.39 is 6.61 Å². The molecule has 0 aliphatic carbocycles. The zero-order valence-electron chi connectivity index (χ0n) is 10.6. The molecular weight excluding hydrogens is 286 g/mol. The van der Waals surface area contributed by atoms with Crippen molar-refractivity contribution in [3.05, 3.63) is 36.2 Å². The first-order chi connectivity index (χ1) is 9.69. The van der Waals surface area contributed by atoms with Crippen molar-refractivity contribution in [2.24, 2.45) is 5.10 Å². The number of nitrogens with zero attached hydrogens (tertiary/aromatic N) is 4. The van der Waals surface area contributed by atoms with Crippen molar-refractivity contribution in [1.29, 1.82) is 0 Å². The summed E-state index contributed by atoms with van der Waals surface area (Å²) in [6.45, 7) is -0.810. The lowest BCUT2D eigenvalue weighted by Crippen LogP contribution is -2.01. The second-order valence-corrected chi connectivity index (χ2v) is 4.81. The number of benzene rings is 1. The topological polar surface area (TPSA) is 52.3 Å². The van der Waals surface area contributed by atoms with Gasteiger partial charge in [0, 0.05) is 0 Å². The van der Waals surface area contributed by atoms with Crippen molar-refractivity contribution in [3.63, 3.8) is 0 Å². The van der Waals surface area contributed by atoms with Crippen LogP contribution >= 0.6 is 11.8 Å². The fourth-order valence-corrected chi connectivity index (χ4v) is 1.98. The highest BCUT2D eigenvalue weighted by Gasteiger charge is 2.03. The zero-order valence-corrected chi connectivity index (χ0v) is 11.4. The Bertz CT molecular complexity index is 571. The molecule has 2 aromatic rings. The van der Waals surface area contributed by atoms with Crippen molar-refractivity contribution in [2.45, 2.75) is 18.7 Å². The van der Waals surface area contributed by atoms with Crippen LogP contribution in [0.5, 0.6) is 5.75 Å². The molecule has 5 nitrogen and oxygen atoms in total. The molecule has 0 radical (unpaired) electrons. The van der Waals surface area contributed by atoms with Gasteiger partial charge in [-0.15, -0.1) is 10.2 Å². The van der Waals surface area contributed by atoms with Crippen LogP contribution in [0, 0.1) is 0 Å². The van der Waals surface area contributed by atoms with E-state index in [0.29, 0.717) is 5.16 Å². The van der Waals surface area contributed by atoms with Gasteiger partial charge in [0.1, 0.15) is 12.1 Å². The second-order valence-electron chi connectivity index (χ2n) is 3.58. The monoisotopic (exact) mass is 298 g/mol. The number of thioether (sulfide) groups is 1. The molecule has 0 amide bonds. The van der Waals surface area contributed by atoms with Gasteiger partial charge in [-0.05, 0) is 35.6 Å².